The zero-order valence-electron chi connectivity index (χ0n) is 56.2. The highest BCUT2D eigenvalue weighted by Gasteiger charge is 2.49. The zero-order chi connectivity index (χ0) is 71.1. The van der Waals surface area contributed by atoms with Gasteiger partial charge in [0.05, 0.1) is 31.7 Å². The van der Waals surface area contributed by atoms with Crippen LogP contribution in [-0.2, 0) is 70.3 Å². The first-order chi connectivity index (χ1) is 45.1. The van der Waals surface area contributed by atoms with Gasteiger partial charge < -0.3 is 75.1 Å². The Bertz CT molecular complexity index is 3300. The minimum Gasteiger partial charge on any atom is -0.481 e. The SMILES string of the molecule is CC[C@H](C)[C@H](CC(=O)[C@H]1CCCC[N+]1(C)Cc1ccc(O[C@@H]2O[C@H](C(=O)O)[C@@H](O)[C@H](O)[C@H]2O)c(NC(=O)CCNC(=O)[C@H](CNC(=O)OC(C)(C)C)N2C(=O)C=CC2=O)c1)C(=O)N(C)[C@H](C[C@@H](OC(C)=O)c1nc(C(=O)N[C@@H](Cc2ccccc2)C[C@H](C)C(=O)O)cs1)C(C)C. The number of aliphatic carboxylic acids is 2. The number of ketones is 1. The van der Waals surface area contributed by atoms with Gasteiger partial charge in [0.2, 0.25) is 24.0 Å². The van der Waals surface area contributed by atoms with E-state index in [4.69, 9.17) is 18.9 Å². The fourth-order valence-electron chi connectivity index (χ4n) is 12.2. The normalized spacial score (nSPS) is 22.5. The summed E-state index contributed by atoms with van der Waals surface area (Å²) in [5, 5.41) is 63.9. The number of nitrogens with one attached hydrogen (secondary N) is 4. The summed E-state index contributed by atoms with van der Waals surface area (Å²) in [5.74, 6) is -9.82. The smallest absolute Gasteiger partial charge is 0.407 e. The first kappa shape index (κ1) is 76.8. The number of amides is 7. The Hall–Kier alpha value is -8.22. The number of hydrogen-bond donors (Lipinski definition) is 9. The Morgan fingerprint density at radius 3 is 2.18 bits per heavy atom. The van der Waals surface area contributed by atoms with Gasteiger partial charge in [-0.05, 0) is 82.1 Å². The van der Waals surface area contributed by atoms with Crippen molar-refractivity contribution in [2.75, 3.05) is 39.0 Å². The van der Waals surface area contributed by atoms with Gasteiger partial charge in [-0.3, -0.25) is 48.1 Å². The number of rotatable bonds is 32. The fraction of sp³-hybridized carbons (Fsp3) is 0.582. The maximum absolute atomic E-state index is 15.1. The minimum absolute atomic E-state index is 0.0412. The van der Waals surface area contributed by atoms with Crippen LogP contribution in [0.3, 0.4) is 0 Å². The molecule has 29 heteroatoms. The number of carboxylic acids is 2. The van der Waals surface area contributed by atoms with Crippen LogP contribution >= 0.6 is 11.3 Å². The number of benzene rings is 2. The average molecular weight is 1360 g/mol. The van der Waals surface area contributed by atoms with E-state index in [-0.39, 0.29) is 77.5 Å². The third-order valence-corrected chi connectivity index (χ3v) is 18.5. The van der Waals surface area contributed by atoms with E-state index in [1.165, 1.54) is 24.4 Å². The van der Waals surface area contributed by atoms with Gasteiger partial charge in [-0.25, -0.2) is 14.6 Å². The maximum atomic E-state index is 15.1. The molecule has 0 saturated carbocycles. The summed E-state index contributed by atoms with van der Waals surface area (Å²) in [7, 11) is 3.58. The van der Waals surface area contributed by atoms with Crippen LogP contribution in [0.4, 0.5) is 10.5 Å². The Kier molecular flexibility index (Phi) is 27.3. The first-order valence-electron chi connectivity index (χ1n) is 32.3. The predicted octanol–water partition coefficient (Wildman–Crippen LogP) is 4.43. The van der Waals surface area contributed by atoms with E-state index in [1.807, 2.05) is 65.1 Å². The summed E-state index contributed by atoms with van der Waals surface area (Å²) in [4.78, 5) is 153. The number of quaternary nitrogens is 1. The molecule has 9 N–H and O–H groups in total. The standard InChI is InChI=1S/C67H92N8O20S/c1-12-37(4)43(62(86)73(10)46(36(2)3)32-51(92-39(6)76)61-72-45(35-96-61)59(84)70-42(28-38(5)63(87)88)29-40-18-14-13-15-19-40)31-49(77)48-20-16-17-27-75(48,11)34-41-21-22-50(93-65-57(83)55(81)56(82)58(94-65)64(89)90)44(30-41)71-52(78)25-26-68-60(85)47(74-53(79)23-24-54(74)80)33-69-66(91)95-67(7,8)9/h13-15,18-19,21-24,30,35-38,42-43,46-48,51,55-58,65,81-83H,12,16-17,20,25-29,31-34H2,1-11H3,(H5-,68,69,70,71,78,84,85,87,88,89,90,91)/p+1/t37-,38-,42+,43-,46+,47-,48+,51+,55-,56-,57+,58-,65+,75?/m0/s1. The molecule has 3 aliphatic rings. The zero-order valence-corrected chi connectivity index (χ0v) is 57.0. The summed E-state index contributed by atoms with van der Waals surface area (Å²) in [6, 6.07) is 10.6. The lowest BCUT2D eigenvalue weighted by Gasteiger charge is -2.45. The number of thiazole rings is 1. The van der Waals surface area contributed by atoms with Crippen LogP contribution in [0.2, 0.25) is 0 Å². The predicted molar refractivity (Wildman–Crippen MR) is 347 cm³/mol. The van der Waals surface area contributed by atoms with Crippen LogP contribution in [0.15, 0.2) is 66.1 Å². The molecule has 2 saturated heterocycles. The molecule has 0 radical (unpaired) electrons. The van der Waals surface area contributed by atoms with E-state index in [0.29, 0.717) is 47.7 Å². The molecule has 96 heavy (non-hydrogen) atoms. The van der Waals surface area contributed by atoms with Crippen molar-refractivity contribution in [3.05, 3.63) is 87.9 Å². The largest absolute Gasteiger partial charge is 0.481 e. The van der Waals surface area contributed by atoms with Crippen molar-refractivity contribution in [1.29, 1.82) is 0 Å². The van der Waals surface area contributed by atoms with Crippen LogP contribution in [0, 0.1) is 23.7 Å². The van der Waals surface area contributed by atoms with Gasteiger partial charge >= 0.3 is 24.0 Å². The van der Waals surface area contributed by atoms with E-state index in [0.717, 1.165) is 35.5 Å². The number of aliphatic hydroxyl groups excluding tert-OH is 3. The molecule has 0 bridgehead atoms. The molecule has 2 aromatic carbocycles. The molecule has 1 aromatic heterocycles. The van der Waals surface area contributed by atoms with Crippen LogP contribution in [0.25, 0.3) is 0 Å². The van der Waals surface area contributed by atoms with Crippen molar-refractivity contribution < 1.29 is 102 Å². The van der Waals surface area contributed by atoms with Gasteiger partial charge in [0, 0.05) is 87.3 Å². The van der Waals surface area contributed by atoms with Gasteiger partial charge in [0.15, 0.2) is 18.0 Å². The third-order valence-electron chi connectivity index (χ3n) is 17.6. The number of nitrogens with zero attached hydrogens (tertiary/aromatic N) is 4. The molecule has 0 aliphatic carbocycles. The number of Topliss-reactive ketones (excluding diaryl/α,β-unsaturated/α-hetero) is 1. The number of piperidine rings is 1. The Labute approximate surface area is 562 Å². The first-order valence-corrected chi connectivity index (χ1v) is 33.1. The van der Waals surface area contributed by atoms with Crippen molar-refractivity contribution in [2.24, 2.45) is 23.7 Å². The summed E-state index contributed by atoms with van der Waals surface area (Å²) >= 11 is 1.10. The van der Waals surface area contributed by atoms with E-state index in [2.05, 4.69) is 26.3 Å². The number of carboxylic acid groups (broad SMARTS) is 2. The Morgan fingerprint density at radius 2 is 1.56 bits per heavy atom. The molecule has 3 aliphatic heterocycles. The lowest BCUT2D eigenvalue weighted by molar-refractivity contribution is -0.941. The number of esters is 1. The Morgan fingerprint density at radius 1 is 0.885 bits per heavy atom. The number of aliphatic hydroxyl groups is 3. The topological polar surface area (TPSA) is 393 Å². The van der Waals surface area contributed by atoms with Crippen LogP contribution in [0.1, 0.15) is 146 Å². The van der Waals surface area contributed by atoms with Crippen LogP contribution in [-0.4, -0.2) is 204 Å². The Balaban J connectivity index is 1.21. The number of hydrogen-bond acceptors (Lipinski definition) is 20. The number of imide groups is 1. The highest BCUT2D eigenvalue weighted by molar-refractivity contribution is 7.09. The molecular formula is C67H93N8O20S+. The number of carbonyl (C=O) groups excluding carboxylic acids is 9. The molecule has 7 amide bonds. The molecule has 2 fully saturated rings. The summed E-state index contributed by atoms with van der Waals surface area (Å²) in [5.41, 5.74) is 0.506. The van der Waals surface area contributed by atoms with Gasteiger partial charge in [-0.15, -0.1) is 11.3 Å². The molecule has 0 spiro atoms. The number of aromatic nitrogens is 1. The molecule has 14 atom stereocenters. The average Bonchev–Trinajstić information content (AvgIpc) is 1.31. The summed E-state index contributed by atoms with van der Waals surface area (Å²) < 4.78 is 22.6. The van der Waals surface area contributed by atoms with Crippen molar-refractivity contribution in [3.63, 3.8) is 0 Å². The molecule has 28 nitrogen and oxygen atoms in total. The van der Waals surface area contributed by atoms with Gasteiger partial charge in [-0.2, -0.15) is 0 Å². The highest BCUT2D eigenvalue weighted by atomic mass is 32.1. The quantitative estimate of drug-likeness (QED) is 0.0237. The second kappa shape index (κ2) is 34.1. The van der Waals surface area contributed by atoms with Crippen molar-refractivity contribution >= 4 is 82.3 Å². The number of anilines is 1. The van der Waals surface area contributed by atoms with Gasteiger partial charge in [0.25, 0.3) is 17.7 Å². The van der Waals surface area contributed by atoms with Gasteiger partial charge in [-0.1, -0.05) is 71.4 Å². The van der Waals surface area contributed by atoms with E-state index in [1.54, 1.807) is 45.7 Å². The lowest BCUT2D eigenvalue weighted by Crippen LogP contribution is -2.61. The van der Waals surface area contributed by atoms with E-state index in [9.17, 15) is 68.7 Å². The maximum Gasteiger partial charge on any atom is 0.407 e. The summed E-state index contributed by atoms with van der Waals surface area (Å²) in [6.45, 7) is 15.1. The highest BCUT2D eigenvalue weighted by Crippen LogP contribution is 2.37. The molecule has 6 rings (SSSR count). The molecule has 1 unspecified atom stereocenters. The van der Waals surface area contributed by atoms with Gasteiger partial charge in [0.1, 0.15) is 59.0 Å². The third kappa shape index (κ3) is 20.9. The van der Waals surface area contributed by atoms with E-state index >= 15 is 9.59 Å². The molecular weight excluding hydrogens is 1270 g/mol. The van der Waals surface area contributed by atoms with Crippen molar-refractivity contribution in [2.45, 2.75) is 193 Å². The summed E-state index contributed by atoms with van der Waals surface area (Å²) in [6.07, 6.45) is -7.53. The van der Waals surface area contributed by atoms with Crippen molar-refractivity contribution in [1.82, 2.24) is 30.7 Å². The minimum atomic E-state index is -2.05. The van der Waals surface area contributed by atoms with Crippen LogP contribution in [0.5, 0.6) is 5.75 Å². The lowest BCUT2D eigenvalue weighted by atomic mass is 9.82. The number of carbonyl (C=O) groups is 11. The second-order valence-electron chi connectivity index (χ2n) is 26.6. The van der Waals surface area contributed by atoms with Crippen molar-refractivity contribution in [3.8, 4) is 5.75 Å². The number of ether oxygens (including phenoxy) is 4. The number of likely N-dealkylation sites (tertiary alicyclic amines) is 1. The van der Waals surface area contributed by atoms with E-state index < -0.39 is 145 Å². The monoisotopic (exact) mass is 1360 g/mol. The molecule has 3 aromatic rings. The molecule has 4 heterocycles. The fourth-order valence-corrected chi connectivity index (χ4v) is 13.0. The number of alkyl carbamates (subject to hydrolysis) is 1. The number of likely N-dealkylation sites (N-methyl/N-ethyl adjacent to an activating group) is 1. The molecule has 526 valence electrons. The van der Waals surface area contributed by atoms with Crippen LogP contribution < -0.4 is 26.0 Å². The second-order valence-corrected chi connectivity index (χ2v) is 27.5.